The highest BCUT2D eigenvalue weighted by molar-refractivity contribution is 5.37. The van der Waals surface area contributed by atoms with Crippen LogP contribution in [0.3, 0.4) is 0 Å². The Morgan fingerprint density at radius 1 is 1.50 bits per heavy atom. The van der Waals surface area contributed by atoms with E-state index in [9.17, 15) is 8.78 Å². The van der Waals surface area contributed by atoms with Gasteiger partial charge in [0.2, 0.25) is 0 Å². The van der Waals surface area contributed by atoms with Crippen LogP contribution in [0.1, 0.15) is 11.6 Å². The maximum Gasteiger partial charge on any atom is 0.167 e. The first kappa shape index (κ1) is 10.9. The van der Waals surface area contributed by atoms with Gasteiger partial charge >= 0.3 is 0 Å². The second kappa shape index (κ2) is 4.34. The molecular weight excluding hydrogens is 192 g/mol. The summed E-state index contributed by atoms with van der Waals surface area (Å²) in [7, 11) is 1.32. The molecule has 0 aliphatic carbocycles. The molecule has 0 fully saturated rings. The molecular formula is C9H11F2NO2. The Balaban J connectivity index is 3.27. The highest BCUT2D eigenvalue weighted by atomic mass is 19.2. The SMILES string of the molecule is COc1ccc(F)c(F)c1C(N)CO. The summed E-state index contributed by atoms with van der Waals surface area (Å²) >= 11 is 0. The van der Waals surface area contributed by atoms with Gasteiger partial charge in [-0.05, 0) is 12.1 Å². The standard InChI is InChI=1S/C9H11F2NO2/c1-14-7-3-2-5(10)9(11)8(7)6(12)4-13/h2-3,6,13H,4,12H2,1H3. The molecule has 0 aliphatic heterocycles. The van der Waals surface area contributed by atoms with Gasteiger partial charge < -0.3 is 15.6 Å². The molecule has 0 amide bonds. The molecule has 0 bridgehead atoms. The molecule has 5 heteroatoms. The Morgan fingerprint density at radius 2 is 2.14 bits per heavy atom. The van der Waals surface area contributed by atoms with Gasteiger partial charge in [-0.15, -0.1) is 0 Å². The first-order chi connectivity index (χ1) is 6.61. The van der Waals surface area contributed by atoms with Crippen LogP contribution < -0.4 is 10.5 Å². The van der Waals surface area contributed by atoms with Crippen molar-refractivity contribution in [2.24, 2.45) is 5.73 Å². The van der Waals surface area contributed by atoms with E-state index >= 15 is 0 Å². The van der Waals surface area contributed by atoms with Crippen LogP contribution in [0, 0.1) is 11.6 Å². The Bertz CT molecular complexity index is 331. The Morgan fingerprint density at radius 3 is 2.64 bits per heavy atom. The van der Waals surface area contributed by atoms with Crippen molar-refractivity contribution < 1.29 is 18.6 Å². The fourth-order valence-electron chi connectivity index (χ4n) is 1.16. The predicted octanol–water partition coefficient (Wildman–Crippen LogP) is 0.966. The number of benzene rings is 1. The third-order valence-corrected chi connectivity index (χ3v) is 1.88. The predicted molar refractivity (Wildman–Crippen MR) is 46.9 cm³/mol. The topological polar surface area (TPSA) is 55.5 Å². The molecule has 0 aromatic heterocycles. The lowest BCUT2D eigenvalue weighted by atomic mass is 10.1. The van der Waals surface area contributed by atoms with Crippen LogP contribution in [0.25, 0.3) is 0 Å². The van der Waals surface area contributed by atoms with E-state index in [2.05, 4.69) is 0 Å². The highest BCUT2D eigenvalue weighted by Crippen LogP contribution is 2.27. The summed E-state index contributed by atoms with van der Waals surface area (Å²) in [5.41, 5.74) is 5.26. The molecule has 0 spiro atoms. The summed E-state index contributed by atoms with van der Waals surface area (Å²) in [4.78, 5) is 0. The average molecular weight is 203 g/mol. The average Bonchev–Trinajstić information content (AvgIpc) is 2.20. The molecule has 3 nitrogen and oxygen atoms in total. The zero-order valence-electron chi connectivity index (χ0n) is 7.63. The lowest BCUT2D eigenvalue weighted by Crippen LogP contribution is -2.18. The quantitative estimate of drug-likeness (QED) is 0.769. The van der Waals surface area contributed by atoms with Gasteiger partial charge in [-0.2, -0.15) is 0 Å². The fraction of sp³-hybridized carbons (Fsp3) is 0.333. The number of methoxy groups -OCH3 is 1. The van der Waals surface area contributed by atoms with Crippen molar-refractivity contribution in [3.8, 4) is 5.75 Å². The van der Waals surface area contributed by atoms with Crippen LogP contribution in [0.5, 0.6) is 5.75 Å². The summed E-state index contributed by atoms with van der Waals surface area (Å²) < 4.78 is 30.9. The number of aliphatic hydroxyl groups is 1. The number of halogens is 2. The molecule has 0 radical (unpaired) electrons. The van der Waals surface area contributed by atoms with Crippen molar-refractivity contribution in [3.63, 3.8) is 0 Å². The molecule has 1 rings (SSSR count). The molecule has 0 heterocycles. The minimum Gasteiger partial charge on any atom is -0.496 e. The smallest absolute Gasteiger partial charge is 0.167 e. The summed E-state index contributed by atoms with van der Waals surface area (Å²) in [5.74, 6) is -1.96. The van der Waals surface area contributed by atoms with E-state index in [1.807, 2.05) is 0 Å². The molecule has 0 aliphatic rings. The monoisotopic (exact) mass is 203 g/mol. The molecule has 1 aromatic rings. The van der Waals surface area contributed by atoms with E-state index in [0.29, 0.717) is 0 Å². The molecule has 0 saturated heterocycles. The third kappa shape index (κ3) is 1.83. The largest absolute Gasteiger partial charge is 0.496 e. The van der Waals surface area contributed by atoms with Crippen LogP contribution in [0.2, 0.25) is 0 Å². The summed E-state index contributed by atoms with van der Waals surface area (Å²) in [6, 6.07) is 1.23. The lowest BCUT2D eigenvalue weighted by molar-refractivity contribution is 0.260. The molecule has 1 unspecified atom stereocenters. The van der Waals surface area contributed by atoms with Gasteiger partial charge in [-0.1, -0.05) is 0 Å². The van der Waals surface area contributed by atoms with E-state index in [0.717, 1.165) is 6.07 Å². The molecule has 3 N–H and O–H groups in total. The van der Waals surface area contributed by atoms with Gasteiger partial charge in [-0.25, -0.2) is 8.78 Å². The molecule has 1 atom stereocenters. The van der Waals surface area contributed by atoms with Gasteiger partial charge in [0.15, 0.2) is 11.6 Å². The normalized spacial score (nSPS) is 12.6. The Kier molecular flexibility index (Phi) is 3.38. The minimum atomic E-state index is -1.08. The van der Waals surface area contributed by atoms with Crippen LogP contribution in [-0.2, 0) is 0 Å². The van der Waals surface area contributed by atoms with Crippen molar-refractivity contribution >= 4 is 0 Å². The van der Waals surface area contributed by atoms with Gasteiger partial charge in [0.1, 0.15) is 5.75 Å². The van der Waals surface area contributed by atoms with Crippen LogP contribution in [-0.4, -0.2) is 18.8 Å². The Hall–Kier alpha value is -1.20. The number of nitrogens with two attached hydrogens (primary N) is 1. The summed E-state index contributed by atoms with van der Waals surface area (Å²) in [5, 5.41) is 8.75. The van der Waals surface area contributed by atoms with Crippen molar-refractivity contribution in [3.05, 3.63) is 29.3 Å². The molecule has 78 valence electrons. The maximum absolute atomic E-state index is 13.2. The van der Waals surface area contributed by atoms with Gasteiger partial charge in [0.25, 0.3) is 0 Å². The van der Waals surface area contributed by atoms with Crippen molar-refractivity contribution in [2.75, 3.05) is 13.7 Å². The number of hydrogen-bond acceptors (Lipinski definition) is 3. The third-order valence-electron chi connectivity index (χ3n) is 1.88. The lowest BCUT2D eigenvalue weighted by Gasteiger charge is -2.14. The first-order valence-corrected chi connectivity index (χ1v) is 4.00. The van der Waals surface area contributed by atoms with E-state index in [1.54, 1.807) is 0 Å². The van der Waals surface area contributed by atoms with Crippen LogP contribution in [0.4, 0.5) is 8.78 Å². The van der Waals surface area contributed by atoms with Crippen LogP contribution in [0.15, 0.2) is 12.1 Å². The summed E-state index contributed by atoms with van der Waals surface area (Å²) in [6.07, 6.45) is 0. The van der Waals surface area contributed by atoms with Crippen molar-refractivity contribution in [1.29, 1.82) is 0 Å². The highest BCUT2D eigenvalue weighted by Gasteiger charge is 2.19. The number of aliphatic hydroxyl groups excluding tert-OH is 1. The van der Waals surface area contributed by atoms with E-state index in [1.165, 1.54) is 13.2 Å². The number of rotatable bonds is 3. The summed E-state index contributed by atoms with van der Waals surface area (Å²) in [6.45, 7) is -0.475. The zero-order chi connectivity index (χ0) is 10.7. The van der Waals surface area contributed by atoms with Gasteiger partial charge in [0, 0.05) is 0 Å². The second-order valence-corrected chi connectivity index (χ2v) is 2.77. The zero-order valence-corrected chi connectivity index (χ0v) is 7.63. The molecule has 1 aromatic carbocycles. The van der Waals surface area contributed by atoms with E-state index in [-0.39, 0.29) is 11.3 Å². The molecule has 0 saturated carbocycles. The van der Waals surface area contributed by atoms with Gasteiger partial charge in [-0.3, -0.25) is 0 Å². The van der Waals surface area contributed by atoms with Crippen molar-refractivity contribution in [1.82, 2.24) is 0 Å². The number of ether oxygens (including phenoxy) is 1. The first-order valence-electron chi connectivity index (χ1n) is 4.00. The minimum absolute atomic E-state index is 0.130. The molecule has 14 heavy (non-hydrogen) atoms. The van der Waals surface area contributed by atoms with Crippen molar-refractivity contribution in [2.45, 2.75) is 6.04 Å². The second-order valence-electron chi connectivity index (χ2n) is 2.77. The van der Waals surface area contributed by atoms with E-state index in [4.69, 9.17) is 15.6 Å². The Labute approximate surface area is 80.1 Å². The van der Waals surface area contributed by atoms with E-state index < -0.39 is 24.3 Å². The van der Waals surface area contributed by atoms with Gasteiger partial charge in [0.05, 0.1) is 25.3 Å². The maximum atomic E-state index is 13.2. The fourth-order valence-corrected chi connectivity index (χ4v) is 1.16. The van der Waals surface area contributed by atoms with Crippen LogP contribution >= 0.6 is 0 Å². The number of hydrogen-bond donors (Lipinski definition) is 2.